The number of primary amides is 1. The normalized spacial score (nSPS) is 27.5. The van der Waals surface area contributed by atoms with Crippen LogP contribution in [0.25, 0.3) is 0 Å². The lowest BCUT2D eigenvalue weighted by molar-refractivity contribution is -0.127. The molecule has 1 aliphatic carbocycles. The first-order chi connectivity index (χ1) is 10.1. The highest BCUT2D eigenvalue weighted by Gasteiger charge is 2.30. The summed E-state index contributed by atoms with van der Waals surface area (Å²) in [5, 5.41) is 6.50. The van der Waals surface area contributed by atoms with Gasteiger partial charge in [0.2, 0.25) is 11.8 Å². The van der Waals surface area contributed by atoms with Crippen molar-refractivity contribution in [2.24, 2.45) is 17.6 Å². The van der Waals surface area contributed by atoms with E-state index in [0.29, 0.717) is 12.0 Å². The molecule has 22 heavy (non-hydrogen) atoms. The van der Waals surface area contributed by atoms with Gasteiger partial charge in [0.05, 0.1) is 0 Å². The Morgan fingerprint density at radius 2 is 1.91 bits per heavy atom. The minimum absolute atomic E-state index is 0. The van der Waals surface area contributed by atoms with Crippen molar-refractivity contribution in [3.05, 3.63) is 0 Å². The second kappa shape index (κ2) is 9.36. The molecule has 1 aliphatic heterocycles. The Kier molecular flexibility index (Phi) is 8.18. The number of carbonyl (C=O) groups excluding carboxylic acids is 2. The average Bonchev–Trinajstić information content (AvgIpc) is 2.47. The summed E-state index contributed by atoms with van der Waals surface area (Å²) in [5.41, 5.74) is 5.38. The summed E-state index contributed by atoms with van der Waals surface area (Å²) in [7, 11) is 0. The summed E-state index contributed by atoms with van der Waals surface area (Å²) < 4.78 is 0. The molecule has 1 heterocycles. The summed E-state index contributed by atoms with van der Waals surface area (Å²) >= 11 is 0. The Morgan fingerprint density at radius 3 is 2.50 bits per heavy atom. The number of hydrogen-bond donors (Lipinski definition) is 3. The average molecular weight is 332 g/mol. The molecule has 1 saturated heterocycles. The van der Waals surface area contributed by atoms with Crippen LogP contribution in [-0.2, 0) is 9.59 Å². The van der Waals surface area contributed by atoms with E-state index in [1.54, 1.807) is 0 Å². The topological polar surface area (TPSA) is 84.2 Å². The van der Waals surface area contributed by atoms with Gasteiger partial charge in [0, 0.05) is 24.4 Å². The van der Waals surface area contributed by atoms with E-state index in [9.17, 15) is 9.59 Å². The maximum Gasteiger partial charge on any atom is 0.223 e. The van der Waals surface area contributed by atoms with Gasteiger partial charge >= 0.3 is 0 Å². The molecule has 5 nitrogen and oxygen atoms in total. The number of nitrogens with two attached hydrogens (primary N) is 1. The number of piperidine rings is 1. The van der Waals surface area contributed by atoms with Crippen LogP contribution in [-0.4, -0.2) is 30.4 Å². The van der Waals surface area contributed by atoms with Gasteiger partial charge in [-0.15, -0.1) is 12.4 Å². The third-order valence-corrected chi connectivity index (χ3v) is 4.96. The summed E-state index contributed by atoms with van der Waals surface area (Å²) in [4.78, 5) is 23.8. The minimum Gasteiger partial charge on any atom is -0.370 e. The molecule has 1 unspecified atom stereocenters. The Hall–Kier alpha value is -0.810. The van der Waals surface area contributed by atoms with Crippen molar-refractivity contribution in [1.82, 2.24) is 10.6 Å². The van der Waals surface area contributed by atoms with Gasteiger partial charge in [-0.05, 0) is 45.1 Å². The number of amides is 2. The molecule has 0 aromatic rings. The first kappa shape index (κ1) is 19.2. The van der Waals surface area contributed by atoms with Gasteiger partial charge in [-0.25, -0.2) is 0 Å². The summed E-state index contributed by atoms with van der Waals surface area (Å²) in [5.74, 6) is 0.277. The molecule has 2 aliphatic rings. The summed E-state index contributed by atoms with van der Waals surface area (Å²) in [6.07, 6.45) is 7.88. The van der Waals surface area contributed by atoms with Gasteiger partial charge in [0.25, 0.3) is 0 Å². The van der Waals surface area contributed by atoms with Crippen molar-refractivity contribution in [2.75, 3.05) is 6.54 Å². The predicted octanol–water partition coefficient (Wildman–Crippen LogP) is 1.74. The molecule has 0 aromatic carbocycles. The molecule has 1 saturated carbocycles. The fourth-order valence-corrected chi connectivity index (χ4v) is 3.76. The Balaban J connectivity index is 0.00000242. The molecular weight excluding hydrogens is 302 g/mol. The van der Waals surface area contributed by atoms with Gasteiger partial charge in [-0.3, -0.25) is 9.59 Å². The van der Waals surface area contributed by atoms with Gasteiger partial charge in [-0.2, -0.15) is 0 Å². The second-order valence-electron chi connectivity index (χ2n) is 6.76. The van der Waals surface area contributed by atoms with E-state index >= 15 is 0 Å². The van der Waals surface area contributed by atoms with E-state index in [-0.39, 0.29) is 42.6 Å². The first-order valence-corrected chi connectivity index (χ1v) is 8.38. The fourth-order valence-electron chi connectivity index (χ4n) is 3.76. The van der Waals surface area contributed by atoms with Crippen molar-refractivity contribution < 1.29 is 9.59 Å². The van der Waals surface area contributed by atoms with Crippen molar-refractivity contribution in [3.8, 4) is 0 Å². The highest BCUT2D eigenvalue weighted by atomic mass is 35.5. The van der Waals surface area contributed by atoms with E-state index in [2.05, 4.69) is 17.6 Å². The van der Waals surface area contributed by atoms with E-state index in [0.717, 1.165) is 32.2 Å². The molecule has 0 radical (unpaired) electrons. The summed E-state index contributed by atoms with van der Waals surface area (Å²) in [6.45, 7) is 3.00. The van der Waals surface area contributed by atoms with Crippen LogP contribution in [0, 0.1) is 11.8 Å². The zero-order valence-electron chi connectivity index (χ0n) is 13.5. The fraction of sp³-hybridized carbons (Fsp3) is 0.875. The minimum atomic E-state index is -0.315. The van der Waals surface area contributed by atoms with E-state index < -0.39 is 0 Å². The maximum absolute atomic E-state index is 12.5. The van der Waals surface area contributed by atoms with Gasteiger partial charge in [0.1, 0.15) is 0 Å². The van der Waals surface area contributed by atoms with Crippen LogP contribution in [0.15, 0.2) is 0 Å². The van der Waals surface area contributed by atoms with Crippen LogP contribution < -0.4 is 16.4 Å². The standard InChI is InChI=1S/C16H29N3O2.ClH/c1-11-9-13(7-8-18-11)16(21)19-14(10-15(17)20)12-5-3-2-4-6-12;/h11-14,18H,2-10H2,1H3,(H2,17,20)(H,19,21);1H/t11-,13-,14?;/m0./s1. The molecule has 3 atom stereocenters. The van der Waals surface area contributed by atoms with Crippen LogP contribution in [0.5, 0.6) is 0 Å². The SMILES string of the molecule is C[C@H]1C[C@@H](C(=O)NC(CC(N)=O)C2CCCCC2)CCN1.Cl. The lowest BCUT2D eigenvalue weighted by Crippen LogP contribution is -2.48. The number of rotatable bonds is 5. The predicted molar refractivity (Wildman–Crippen MR) is 89.8 cm³/mol. The highest BCUT2D eigenvalue weighted by molar-refractivity contribution is 5.85. The Bertz CT molecular complexity index is 372. The third kappa shape index (κ3) is 5.76. The molecule has 2 rings (SSSR count). The van der Waals surface area contributed by atoms with Crippen molar-refractivity contribution >= 4 is 24.2 Å². The van der Waals surface area contributed by atoms with Crippen molar-refractivity contribution in [1.29, 1.82) is 0 Å². The molecule has 0 bridgehead atoms. The van der Waals surface area contributed by atoms with E-state index in [1.807, 2.05) is 0 Å². The van der Waals surface area contributed by atoms with Gasteiger partial charge < -0.3 is 16.4 Å². The van der Waals surface area contributed by atoms with E-state index in [1.165, 1.54) is 19.3 Å². The van der Waals surface area contributed by atoms with Crippen molar-refractivity contribution in [3.63, 3.8) is 0 Å². The Labute approximate surface area is 139 Å². The lowest BCUT2D eigenvalue weighted by atomic mass is 9.82. The molecule has 0 spiro atoms. The Morgan fingerprint density at radius 1 is 1.23 bits per heavy atom. The first-order valence-electron chi connectivity index (χ1n) is 8.38. The maximum atomic E-state index is 12.5. The third-order valence-electron chi connectivity index (χ3n) is 4.96. The van der Waals surface area contributed by atoms with Crippen LogP contribution in [0.1, 0.15) is 58.3 Å². The molecular formula is C16H30ClN3O2. The largest absolute Gasteiger partial charge is 0.370 e. The summed E-state index contributed by atoms with van der Waals surface area (Å²) in [6, 6.07) is 0.319. The molecule has 0 aromatic heterocycles. The van der Waals surface area contributed by atoms with Crippen LogP contribution in [0.3, 0.4) is 0 Å². The van der Waals surface area contributed by atoms with Gasteiger partial charge in [-0.1, -0.05) is 19.3 Å². The highest BCUT2D eigenvalue weighted by Crippen LogP contribution is 2.28. The number of carbonyl (C=O) groups is 2. The molecule has 4 N–H and O–H groups in total. The monoisotopic (exact) mass is 331 g/mol. The molecule has 2 amide bonds. The molecule has 2 fully saturated rings. The van der Waals surface area contributed by atoms with Crippen LogP contribution in [0.4, 0.5) is 0 Å². The van der Waals surface area contributed by atoms with Crippen LogP contribution >= 0.6 is 12.4 Å². The van der Waals surface area contributed by atoms with E-state index in [4.69, 9.17) is 5.73 Å². The zero-order chi connectivity index (χ0) is 15.2. The number of hydrogen-bond acceptors (Lipinski definition) is 3. The lowest BCUT2D eigenvalue weighted by Gasteiger charge is -2.33. The second-order valence-corrected chi connectivity index (χ2v) is 6.76. The number of nitrogens with one attached hydrogen (secondary N) is 2. The quantitative estimate of drug-likeness (QED) is 0.717. The zero-order valence-corrected chi connectivity index (χ0v) is 14.3. The number of halogens is 1. The molecule has 6 heteroatoms. The van der Waals surface area contributed by atoms with Gasteiger partial charge in [0.15, 0.2) is 0 Å². The van der Waals surface area contributed by atoms with Crippen LogP contribution in [0.2, 0.25) is 0 Å². The molecule has 128 valence electrons. The smallest absolute Gasteiger partial charge is 0.223 e. The van der Waals surface area contributed by atoms with Crippen molar-refractivity contribution in [2.45, 2.75) is 70.4 Å².